The van der Waals surface area contributed by atoms with Crippen LogP contribution in [-0.2, 0) is 10.0 Å². The molecule has 0 bridgehead atoms. The van der Waals surface area contributed by atoms with Crippen molar-refractivity contribution in [3.05, 3.63) is 0 Å². The van der Waals surface area contributed by atoms with Gasteiger partial charge in [-0.25, -0.2) is 12.7 Å². The molecule has 0 amide bonds. The first-order valence-electron chi connectivity index (χ1n) is 5.49. The first-order valence-corrected chi connectivity index (χ1v) is 7.63. The third-order valence-electron chi connectivity index (χ3n) is 3.27. The number of halogens is 1. The summed E-state index contributed by atoms with van der Waals surface area (Å²) in [5.74, 6) is 0.970. The highest BCUT2D eigenvalue weighted by Crippen LogP contribution is 2.27. The first kappa shape index (κ1) is 13.3. The molecule has 0 heterocycles. The van der Waals surface area contributed by atoms with Crippen LogP contribution in [0.4, 0.5) is 0 Å². The third kappa shape index (κ3) is 3.61. The van der Waals surface area contributed by atoms with Crippen LogP contribution in [0, 0.1) is 5.92 Å². The van der Waals surface area contributed by atoms with Gasteiger partial charge in [0.2, 0.25) is 10.0 Å². The van der Waals surface area contributed by atoms with E-state index in [1.807, 2.05) is 0 Å². The molecule has 0 unspecified atom stereocenters. The Hall–Kier alpha value is 0.200. The lowest BCUT2D eigenvalue weighted by molar-refractivity contribution is 0.246. The molecule has 90 valence electrons. The fraction of sp³-hybridized carbons (Fsp3) is 1.00. The smallest absolute Gasteiger partial charge is 0.212 e. The molecule has 1 aliphatic carbocycles. The van der Waals surface area contributed by atoms with Crippen LogP contribution >= 0.6 is 11.6 Å². The topological polar surface area (TPSA) is 37.4 Å². The zero-order valence-corrected chi connectivity index (χ0v) is 11.0. The maximum Gasteiger partial charge on any atom is 0.215 e. The largest absolute Gasteiger partial charge is 0.215 e. The Balaban J connectivity index is 2.57. The van der Waals surface area contributed by atoms with E-state index in [-0.39, 0.29) is 17.7 Å². The SMILES string of the molecule is CC1CCC(N(C)S(=O)(=O)CCCl)CC1. The minimum atomic E-state index is -3.13. The number of hydrogen-bond donors (Lipinski definition) is 0. The van der Waals surface area contributed by atoms with Crippen LogP contribution in [0.15, 0.2) is 0 Å². The molecule has 0 radical (unpaired) electrons. The molecular formula is C10H20ClNO2S. The lowest BCUT2D eigenvalue weighted by atomic mass is 9.87. The summed E-state index contributed by atoms with van der Waals surface area (Å²) in [6.07, 6.45) is 4.23. The predicted octanol–water partition coefficient (Wildman–Crippen LogP) is 2.07. The Kier molecular flexibility index (Phi) is 4.87. The van der Waals surface area contributed by atoms with Gasteiger partial charge in [-0.2, -0.15) is 0 Å². The number of alkyl halides is 1. The molecule has 0 aromatic heterocycles. The predicted molar refractivity (Wildman–Crippen MR) is 63.7 cm³/mol. The molecule has 1 aliphatic rings. The van der Waals surface area contributed by atoms with Crippen LogP contribution < -0.4 is 0 Å². The van der Waals surface area contributed by atoms with Crippen LogP contribution in [0.1, 0.15) is 32.6 Å². The highest BCUT2D eigenvalue weighted by atomic mass is 35.5. The van der Waals surface area contributed by atoms with Crippen molar-refractivity contribution in [2.45, 2.75) is 38.6 Å². The van der Waals surface area contributed by atoms with Crippen molar-refractivity contribution in [2.24, 2.45) is 5.92 Å². The summed E-state index contributed by atoms with van der Waals surface area (Å²) in [5, 5.41) is 0. The molecule has 5 heteroatoms. The van der Waals surface area contributed by atoms with Gasteiger partial charge in [0.15, 0.2) is 0 Å². The molecule has 3 nitrogen and oxygen atoms in total. The summed E-state index contributed by atoms with van der Waals surface area (Å²) in [4.78, 5) is 0. The van der Waals surface area contributed by atoms with E-state index < -0.39 is 10.0 Å². The fourth-order valence-corrected chi connectivity index (χ4v) is 3.81. The van der Waals surface area contributed by atoms with Crippen molar-refractivity contribution >= 4 is 21.6 Å². The second-order valence-electron chi connectivity index (χ2n) is 4.43. The third-order valence-corrected chi connectivity index (χ3v) is 5.58. The zero-order valence-electron chi connectivity index (χ0n) is 9.45. The standard InChI is InChI=1S/C10H20ClNO2S/c1-9-3-5-10(6-4-9)12(2)15(13,14)8-7-11/h9-10H,3-8H2,1-2H3. The quantitative estimate of drug-likeness (QED) is 0.720. The van der Waals surface area contributed by atoms with Crippen LogP contribution in [0.5, 0.6) is 0 Å². The Bertz CT molecular complexity index is 284. The van der Waals surface area contributed by atoms with Gasteiger partial charge >= 0.3 is 0 Å². The lowest BCUT2D eigenvalue weighted by Gasteiger charge is -2.32. The van der Waals surface area contributed by atoms with Crippen molar-refractivity contribution < 1.29 is 8.42 Å². The van der Waals surface area contributed by atoms with Crippen molar-refractivity contribution in [1.29, 1.82) is 0 Å². The van der Waals surface area contributed by atoms with E-state index >= 15 is 0 Å². The van der Waals surface area contributed by atoms with Gasteiger partial charge in [-0.05, 0) is 31.6 Å². The zero-order chi connectivity index (χ0) is 11.5. The van der Waals surface area contributed by atoms with Crippen molar-refractivity contribution in [3.63, 3.8) is 0 Å². The summed E-state index contributed by atoms with van der Waals surface area (Å²) < 4.78 is 25.0. The second kappa shape index (κ2) is 5.51. The summed E-state index contributed by atoms with van der Waals surface area (Å²) in [6.45, 7) is 2.23. The van der Waals surface area contributed by atoms with Crippen LogP contribution in [-0.4, -0.2) is 37.4 Å². The summed E-state index contributed by atoms with van der Waals surface area (Å²) in [5.41, 5.74) is 0. The minimum absolute atomic E-state index is 0.0527. The molecule has 0 aromatic carbocycles. The Morgan fingerprint density at radius 3 is 2.27 bits per heavy atom. The van der Waals surface area contributed by atoms with Crippen molar-refractivity contribution in [3.8, 4) is 0 Å². The van der Waals surface area contributed by atoms with E-state index in [9.17, 15) is 8.42 Å². The number of sulfonamides is 1. The average Bonchev–Trinajstić information content (AvgIpc) is 2.18. The molecule has 1 rings (SSSR count). The fourth-order valence-electron chi connectivity index (χ4n) is 2.07. The normalized spacial score (nSPS) is 28.3. The number of nitrogens with zero attached hydrogens (tertiary/aromatic N) is 1. The molecule has 0 saturated heterocycles. The molecule has 0 aromatic rings. The van der Waals surface area contributed by atoms with E-state index in [1.165, 1.54) is 4.31 Å². The molecule has 0 spiro atoms. The van der Waals surface area contributed by atoms with Gasteiger partial charge in [0.25, 0.3) is 0 Å². The van der Waals surface area contributed by atoms with E-state index in [0.717, 1.165) is 31.6 Å². The minimum Gasteiger partial charge on any atom is -0.212 e. The van der Waals surface area contributed by atoms with E-state index in [1.54, 1.807) is 7.05 Å². The Labute approximate surface area is 97.8 Å². The number of hydrogen-bond acceptors (Lipinski definition) is 2. The van der Waals surface area contributed by atoms with E-state index in [4.69, 9.17) is 11.6 Å². The van der Waals surface area contributed by atoms with Gasteiger partial charge in [-0.3, -0.25) is 0 Å². The van der Waals surface area contributed by atoms with Gasteiger partial charge in [-0.1, -0.05) is 6.92 Å². The van der Waals surface area contributed by atoms with Crippen molar-refractivity contribution in [2.75, 3.05) is 18.7 Å². The first-order chi connectivity index (χ1) is 6.97. The second-order valence-corrected chi connectivity index (χ2v) is 6.96. The average molecular weight is 254 g/mol. The maximum absolute atomic E-state index is 11.8. The highest BCUT2D eigenvalue weighted by Gasteiger charge is 2.28. The van der Waals surface area contributed by atoms with E-state index in [2.05, 4.69) is 6.92 Å². The summed E-state index contributed by atoms with van der Waals surface area (Å²) in [6, 6.07) is 0.189. The van der Waals surface area contributed by atoms with Gasteiger partial charge in [0.05, 0.1) is 5.75 Å². The molecular weight excluding hydrogens is 234 g/mol. The lowest BCUT2D eigenvalue weighted by Crippen LogP contribution is -2.40. The van der Waals surface area contributed by atoms with Crippen molar-refractivity contribution in [1.82, 2.24) is 4.31 Å². The Morgan fingerprint density at radius 2 is 1.80 bits per heavy atom. The molecule has 1 saturated carbocycles. The molecule has 1 fully saturated rings. The molecule has 0 aliphatic heterocycles. The molecule has 0 N–H and O–H groups in total. The number of rotatable bonds is 4. The van der Waals surface area contributed by atoms with Crippen LogP contribution in [0.25, 0.3) is 0 Å². The van der Waals surface area contributed by atoms with Gasteiger partial charge in [0.1, 0.15) is 0 Å². The monoisotopic (exact) mass is 253 g/mol. The Morgan fingerprint density at radius 1 is 1.27 bits per heavy atom. The molecule has 15 heavy (non-hydrogen) atoms. The summed E-state index contributed by atoms with van der Waals surface area (Å²) >= 11 is 5.49. The van der Waals surface area contributed by atoms with Crippen LogP contribution in [0.3, 0.4) is 0 Å². The van der Waals surface area contributed by atoms with Gasteiger partial charge in [0, 0.05) is 19.0 Å². The van der Waals surface area contributed by atoms with E-state index in [0.29, 0.717) is 0 Å². The van der Waals surface area contributed by atoms with Gasteiger partial charge in [-0.15, -0.1) is 11.6 Å². The van der Waals surface area contributed by atoms with Crippen LogP contribution in [0.2, 0.25) is 0 Å². The molecule has 0 atom stereocenters. The van der Waals surface area contributed by atoms with Gasteiger partial charge < -0.3 is 0 Å². The maximum atomic E-state index is 11.8. The summed E-state index contributed by atoms with van der Waals surface area (Å²) in [7, 11) is -1.44. The highest BCUT2D eigenvalue weighted by molar-refractivity contribution is 7.89.